The van der Waals surface area contributed by atoms with Crippen molar-refractivity contribution in [2.24, 2.45) is 0 Å². The molecule has 8 heteroatoms. The van der Waals surface area contributed by atoms with Gasteiger partial charge >= 0.3 is 0 Å². The molecule has 2 aromatic carbocycles. The average molecular weight is 441 g/mol. The summed E-state index contributed by atoms with van der Waals surface area (Å²) < 4.78 is 1.71. The highest BCUT2D eigenvalue weighted by atomic mass is 35.5. The van der Waals surface area contributed by atoms with Gasteiger partial charge in [0, 0.05) is 40.0 Å². The molecule has 0 atom stereocenters. The molecule has 1 aromatic heterocycles. The smallest absolute Gasteiger partial charge is 0.288 e. The Balaban J connectivity index is 2.10. The number of rotatable bonds is 5. The Morgan fingerprint density at radius 2 is 1.83 bits per heavy atom. The summed E-state index contributed by atoms with van der Waals surface area (Å²) in [5.41, 5.74) is 3.18. The van der Waals surface area contributed by atoms with Gasteiger partial charge in [0.15, 0.2) is 23.1 Å². The lowest BCUT2D eigenvalue weighted by Crippen LogP contribution is -2.38. The summed E-state index contributed by atoms with van der Waals surface area (Å²) in [6.07, 6.45) is 3.60. The summed E-state index contributed by atoms with van der Waals surface area (Å²) in [6.45, 7) is 3.79. The van der Waals surface area contributed by atoms with Gasteiger partial charge in [-0.1, -0.05) is 29.9 Å². The lowest BCUT2D eigenvalue weighted by Gasteiger charge is -2.13. The first kappa shape index (κ1) is 21.4. The van der Waals surface area contributed by atoms with Crippen molar-refractivity contribution in [2.45, 2.75) is 13.8 Å². The van der Waals surface area contributed by atoms with Crippen molar-refractivity contribution in [2.75, 3.05) is 5.32 Å². The fraction of sp³-hybridized carbons (Fsp3) is 0.0909. The van der Waals surface area contributed by atoms with E-state index in [-0.39, 0.29) is 16.4 Å². The highest BCUT2D eigenvalue weighted by molar-refractivity contribution is 7.81. The lowest BCUT2D eigenvalue weighted by atomic mass is 10.1. The van der Waals surface area contributed by atoms with E-state index in [2.05, 4.69) is 5.32 Å². The number of nitrogens with one attached hydrogen (secondary N) is 1. The zero-order valence-corrected chi connectivity index (χ0v) is 17.9. The molecule has 0 spiro atoms. The van der Waals surface area contributed by atoms with Gasteiger partial charge in [-0.15, -0.1) is 0 Å². The van der Waals surface area contributed by atoms with E-state index in [1.807, 2.05) is 38.2 Å². The van der Waals surface area contributed by atoms with Crippen molar-refractivity contribution in [3.63, 3.8) is 0 Å². The minimum Gasteiger partial charge on any atom is -0.502 e. The quantitative estimate of drug-likeness (QED) is 0.137. The molecular formula is C22H19ClN3O3S+. The zero-order valence-electron chi connectivity index (χ0n) is 16.3. The molecule has 0 fully saturated rings. The van der Waals surface area contributed by atoms with Crippen LogP contribution in [0.4, 0.5) is 11.4 Å². The number of aliphatic hydroxyl groups excluding tert-OH is 1. The van der Waals surface area contributed by atoms with Gasteiger partial charge in [0.25, 0.3) is 11.4 Å². The Kier molecular flexibility index (Phi) is 6.44. The lowest BCUT2D eigenvalue weighted by molar-refractivity contribution is -0.576. The maximum absolute atomic E-state index is 11.1. The van der Waals surface area contributed by atoms with E-state index in [1.165, 1.54) is 24.3 Å². The van der Waals surface area contributed by atoms with Crippen LogP contribution in [0.3, 0.4) is 0 Å². The standard InChI is InChI=1S/C22H18ClN3O3S/c1-14-5-4-12-25(13-14)20(21(27)16-8-10-17(11-9-16)26(28)29)22(30)24-19-7-3-6-18(23)15(19)2/h3-13H,1-2H3,(H-,24,27,30)/p+1. The number of non-ortho nitro benzene ring substituents is 1. The average Bonchev–Trinajstić information content (AvgIpc) is 2.71. The summed E-state index contributed by atoms with van der Waals surface area (Å²) in [7, 11) is 0. The predicted molar refractivity (Wildman–Crippen MR) is 123 cm³/mol. The number of aryl methyl sites for hydroxylation is 1. The Morgan fingerprint density at radius 3 is 2.47 bits per heavy atom. The minimum absolute atomic E-state index is 0.0634. The first-order valence-electron chi connectivity index (χ1n) is 9.00. The van der Waals surface area contributed by atoms with Crippen molar-refractivity contribution in [1.29, 1.82) is 0 Å². The minimum atomic E-state index is -0.491. The monoisotopic (exact) mass is 440 g/mol. The third kappa shape index (κ3) is 4.64. The van der Waals surface area contributed by atoms with Crippen LogP contribution in [-0.4, -0.2) is 15.0 Å². The number of nitro benzene ring substituents is 1. The first-order valence-corrected chi connectivity index (χ1v) is 9.79. The number of benzene rings is 2. The SMILES string of the molecule is Cc1ccc[n+](C(C(=S)Nc2cccc(Cl)c2C)=C(O)c2ccc([N+](=O)[O-])cc2)c1. The van der Waals surface area contributed by atoms with E-state index < -0.39 is 4.92 Å². The number of anilines is 1. The van der Waals surface area contributed by atoms with Crippen LogP contribution in [0.25, 0.3) is 11.5 Å². The number of pyridine rings is 1. The highest BCUT2D eigenvalue weighted by Gasteiger charge is 2.25. The van der Waals surface area contributed by atoms with E-state index in [4.69, 9.17) is 23.8 Å². The number of thiocarbonyl (C=S) groups is 1. The fourth-order valence-corrected chi connectivity index (χ4v) is 3.37. The summed E-state index contributed by atoms with van der Waals surface area (Å²) in [4.78, 5) is 10.7. The third-order valence-corrected chi connectivity index (χ3v) is 5.22. The zero-order chi connectivity index (χ0) is 21.8. The van der Waals surface area contributed by atoms with Crippen molar-refractivity contribution in [1.82, 2.24) is 0 Å². The molecule has 0 saturated carbocycles. The molecule has 0 aliphatic carbocycles. The predicted octanol–water partition coefficient (Wildman–Crippen LogP) is 5.48. The van der Waals surface area contributed by atoms with Gasteiger partial charge in [-0.05, 0) is 49.7 Å². The topological polar surface area (TPSA) is 79.3 Å². The highest BCUT2D eigenvalue weighted by Crippen LogP contribution is 2.25. The van der Waals surface area contributed by atoms with Crippen molar-refractivity contribution < 1.29 is 14.6 Å². The van der Waals surface area contributed by atoms with E-state index in [1.54, 1.807) is 22.9 Å². The molecule has 0 radical (unpaired) electrons. The van der Waals surface area contributed by atoms with Crippen LogP contribution in [0.2, 0.25) is 5.02 Å². The van der Waals surface area contributed by atoms with Crippen molar-refractivity contribution in [3.8, 4) is 0 Å². The maximum atomic E-state index is 11.1. The molecule has 0 unspecified atom stereocenters. The van der Waals surface area contributed by atoms with Gasteiger partial charge < -0.3 is 10.4 Å². The maximum Gasteiger partial charge on any atom is 0.288 e. The van der Waals surface area contributed by atoms with Crippen molar-refractivity contribution in [3.05, 3.63) is 98.8 Å². The number of nitro groups is 1. The number of aliphatic hydroxyl groups is 1. The normalized spacial score (nSPS) is 11.6. The Morgan fingerprint density at radius 1 is 1.13 bits per heavy atom. The number of hydrogen-bond acceptors (Lipinski definition) is 4. The fourth-order valence-electron chi connectivity index (χ4n) is 2.88. The van der Waals surface area contributed by atoms with Crippen LogP contribution in [0.15, 0.2) is 67.0 Å². The molecule has 30 heavy (non-hydrogen) atoms. The second-order valence-corrected chi connectivity index (χ2v) is 7.47. The summed E-state index contributed by atoms with van der Waals surface area (Å²) in [5, 5.41) is 25.7. The van der Waals surface area contributed by atoms with Crippen LogP contribution in [0.5, 0.6) is 0 Å². The van der Waals surface area contributed by atoms with Gasteiger partial charge in [0.05, 0.1) is 4.92 Å². The van der Waals surface area contributed by atoms with Gasteiger partial charge in [-0.2, -0.15) is 4.57 Å². The summed E-state index contributed by atoms with van der Waals surface area (Å²) >= 11 is 11.8. The Labute approximate surface area is 184 Å². The first-order chi connectivity index (χ1) is 14.3. The second kappa shape index (κ2) is 9.02. The van der Waals surface area contributed by atoms with Gasteiger partial charge in [0.2, 0.25) is 0 Å². The van der Waals surface area contributed by atoms with Crippen LogP contribution in [0, 0.1) is 24.0 Å². The number of hydrogen-bond donors (Lipinski definition) is 2. The largest absolute Gasteiger partial charge is 0.502 e. The molecule has 3 rings (SSSR count). The van der Waals surface area contributed by atoms with Gasteiger partial charge in [0.1, 0.15) is 0 Å². The second-order valence-electron chi connectivity index (χ2n) is 6.66. The number of aromatic nitrogens is 1. The molecule has 0 amide bonds. The van der Waals surface area contributed by atoms with Crippen LogP contribution in [0.1, 0.15) is 16.7 Å². The molecule has 0 aliphatic rings. The van der Waals surface area contributed by atoms with Gasteiger partial charge in [-0.25, -0.2) is 0 Å². The van der Waals surface area contributed by atoms with Crippen LogP contribution < -0.4 is 9.88 Å². The molecule has 1 heterocycles. The van der Waals surface area contributed by atoms with E-state index >= 15 is 0 Å². The summed E-state index contributed by atoms with van der Waals surface area (Å²) in [5.74, 6) is -0.113. The van der Waals surface area contributed by atoms with E-state index in [0.717, 1.165) is 16.8 Å². The molecular weight excluding hydrogens is 422 g/mol. The molecule has 6 nitrogen and oxygen atoms in total. The Bertz CT molecular complexity index is 1160. The molecule has 0 aliphatic heterocycles. The summed E-state index contributed by atoms with van der Waals surface area (Å²) in [6, 6.07) is 14.8. The molecule has 0 saturated heterocycles. The molecule has 2 N–H and O–H groups in total. The van der Waals surface area contributed by atoms with Crippen LogP contribution >= 0.6 is 23.8 Å². The molecule has 152 valence electrons. The van der Waals surface area contributed by atoms with Gasteiger partial charge in [-0.3, -0.25) is 10.1 Å². The number of nitrogens with zero attached hydrogens (tertiary/aromatic N) is 2. The number of halogens is 1. The molecule has 0 bridgehead atoms. The Hall–Kier alpha value is -3.29. The van der Waals surface area contributed by atoms with E-state index in [9.17, 15) is 15.2 Å². The van der Waals surface area contributed by atoms with Crippen molar-refractivity contribution >= 4 is 51.6 Å². The molecule has 3 aromatic rings. The van der Waals surface area contributed by atoms with Crippen LogP contribution in [-0.2, 0) is 0 Å². The third-order valence-electron chi connectivity index (χ3n) is 4.51. The van der Waals surface area contributed by atoms with E-state index in [0.29, 0.717) is 16.3 Å².